The number of amides is 1. The Balaban J connectivity index is 0.00000306. The Hall–Kier alpha value is -2.11. The van der Waals surface area contributed by atoms with E-state index in [1.54, 1.807) is 17.0 Å². The van der Waals surface area contributed by atoms with Crippen LogP contribution in [0.1, 0.15) is 51.0 Å². The van der Waals surface area contributed by atoms with Crippen molar-refractivity contribution in [3.05, 3.63) is 39.9 Å². The van der Waals surface area contributed by atoms with Crippen LogP contribution in [-0.4, -0.2) is 53.7 Å². The molecule has 3 aliphatic rings. The molecule has 0 aromatic heterocycles. The standard InChI is InChI=1S/C23H33N5O4.HI/c1-2-32-23(29)27-11-9-19(10-12-27)25-22(26-21-14-17-3-6-18(21)13-17)24-15-16-4-7-20(8-5-16)28(30)31;/h4-5,7-8,17-19,21H,2-3,6,9-15H2,1H3,(H2,24,25,26);1H. The minimum Gasteiger partial charge on any atom is -0.450 e. The van der Waals surface area contributed by atoms with Crippen molar-refractivity contribution in [2.45, 2.75) is 64.1 Å². The van der Waals surface area contributed by atoms with Crippen molar-refractivity contribution in [3.63, 3.8) is 0 Å². The van der Waals surface area contributed by atoms with E-state index in [2.05, 4.69) is 10.6 Å². The van der Waals surface area contributed by atoms with Crippen LogP contribution >= 0.6 is 24.0 Å². The molecule has 0 radical (unpaired) electrons. The molecule has 182 valence electrons. The molecular formula is C23H34IN5O4. The second-order valence-corrected chi connectivity index (χ2v) is 9.12. The zero-order valence-electron chi connectivity index (χ0n) is 19.1. The number of nitro benzene ring substituents is 1. The summed E-state index contributed by atoms with van der Waals surface area (Å²) < 4.78 is 5.11. The van der Waals surface area contributed by atoms with Crippen LogP contribution in [-0.2, 0) is 11.3 Å². The zero-order valence-corrected chi connectivity index (χ0v) is 21.4. The molecule has 2 bridgehead atoms. The lowest BCUT2D eigenvalue weighted by atomic mass is 9.95. The molecule has 3 unspecified atom stereocenters. The van der Waals surface area contributed by atoms with E-state index in [1.807, 2.05) is 6.92 Å². The fourth-order valence-corrected chi connectivity index (χ4v) is 5.24. The molecule has 10 heteroatoms. The summed E-state index contributed by atoms with van der Waals surface area (Å²) in [4.78, 5) is 29.0. The third kappa shape index (κ3) is 6.70. The summed E-state index contributed by atoms with van der Waals surface area (Å²) in [5.41, 5.74) is 1.02. The minimum absolute atomic E-state index is 0. The molecular weight excluding hydrogens is 537 g/mol. The number of piperidine rings is 1. The highest BCUT2D eigenvalue weighted by molar-refractivity contribution is 14.0. The van der Waals surface area contributed by atoms with Crippen LogP contribution in [0.3, 0.4) is 0 Å². The van der Waals surface area contributed by atoms with Gasteiger partial charge >= 0.3 is 6.09 Å². The summed E-state index contributed by atoms with van der Waals surface area (Å²) in [7, 11) is 0. The number of likely N-dealkylation sites (tertiary alicyclic amines) is 1. The molecule has 1 heterocycles. The lowest BCUT2D eigenvalue weighted by Gasteiger charge is -2.33. The first-order valence-electron chi connectivity index (χ1n) is 11.7. The van der Waals surface area contributed by atoms with E-state index in [1.165, 1.54) is 37.8 Å². The van der Waals surface area contributed by atoms with Crippen LogP contribution in [0, 0.1) is 22.0 Å². The van der Waals surface area contributed by atoms with Gasteiger partial charge in [0, 0.05) is 37.3 Å². The third-order valence-corrected chi connectivity index (χ3v) is 6.99. The number of nitro groups is 1. The fraction of sp³-hybridized carbons (Fsp3) is 0.652. The van der Waals surface area contributed by atoms with Gasteiger partial charge in [-0.25, -0.2) is 9.79 Å². The van der Waals surface area contributed by atoms with Gasteiger partial charge in [0.15, 0.2) is 5.96 Å². The van der Waals surface area contributed by atoms with Crippen molar-refractivity contribution in [3.8, 4) is 0 Å². The van der Waals surface area contributed by atoms with Crippen LogP contribution in [0.15, 0.2) is 29.3 Å². The molecule has 2 N–H and O–H groups in total. The number of rotatable bonds is 6. The quantitative estimate of drug-likeness (QED) is 0.175. The van der Waals surface area contributed by atoms with Crippen molar-refractivity contribution in [1.29, 1.82) is 0 Å². The average molecular weight is 571 g/mol. The Morgan fingerprint density at radius 1 is 1.15 bits per heavy atom. The number of hydrogen-bond donors (Lipinski definition) is 2. The summed E-state index contributed by atoms with van der Waals surface area (Å²) in [6, 6.07) is 7.25. The van der Waals surface area contributed by atoms with Crippen molar-refractivity contribution in [2.75, 3.05) is 19.7 Å². The number of halogens is 1. The smallest absolute Gasteiger partial charge is 0.409 e. The third-order valence-electron chi connectivity index (χ3n) is 6.99. The van der Waals surface area contributed by atoms with Crippen LogP contribution in [0.25, 0.3) is 0 Å². The highest BCUT2D eigenvalue weighted by atomic mass is 127. The summed E-state index contributed by atoms with van der Waals surface area (Å²) in [5, 5.41) is 18.1. The Labute approximate surface area is 211 Å². The van der Waals surface area contributed by atoms with E-state index in [9.17, 15) is 14.9 Å². The first-order chi connectivity index (χ1) is 15.5. The molecule has 2 saturated carbocycles. The molecule has 0 spiro atoms. The molecule has 1 aliphatic heterocycles. The Morgan fingerprint density at radius 2 is 1.88 bits per heavy atom. The number of guanidine groups is 1. The van der Waals surface area contributed by atoms with E-state index in [0.29, 0.717) is 32.3 Å². The highest BCUT2D eigenvalue weighted by Crippen LogP contribution is 2.44. The topological polar surface area (TPSA) is 109 Å². The van der Waals surface area contributed by atoms with Gasteiger partial charge in [-0.3, -0.25) is 10.1 Å². The first kappa shape index (κ1) is 25.5. The Morgan fingerprint density at radius 3 is 2.45 bits per heavy atom. The maximum Gasteiger partial charge on any atom is 0.409 e. The van der Waals surface area contributed by atoms with E-state index < -0.39 is 0 Å². The number of carbonyl (C=O) groups excluding carboxylic acids is 1. The number of carbonyl (C=O) groups is 1. The van der Waals surface area contributed by atoms with Crippen molar-refractivity contribution < 1.29 is 14.5 Å². The first-order valence-corrected chi connectivity index (χ1v) is 11.7. The van der Waals surface area contributed by atoms with Gasteiger partial charge in [-0.1, -0.05) is 18.6 Å². The van der Waals surface area contributed by atoms with Crippen LogP contribution < -0.4 is 10.6 Å². The number of ether oxygens (including phenoxy) is 1. The zero-order chi connectivity index (χ0) is 22.5. The number of benzene rings is 1. The summed E-state index contributed by atoms with van der Waals surface area (Å²) in [6.07, 6.45) is 6.59. The monoisotopic (exact) mass is 571 g/mol. The second-order valence-electron chi connectivity index (χ2n) is 9.12. The summed E-state index contributed by atoms with van der Waals surface area (Å²) in [5.74, 6) is 2.36. The van der Waals surface area contributed by atoms with Crippen LogP contribution in [0.4, 0.5) is 10.5 Å². The summed E-state index contributed by atoms with van der Waals surface area (Å²) in [6.45, 7) is 4.00. The molecule has 33 heavy (non-hydrogen) atoms. The summed E-state index contributed by atoms with van der Waals surface area (Å²) >= 11 is 0. The van der Waals surface area contributed by atoms with Gasteiger partial charge in [0.1, 0.15) is 0 Å². The van der Waals surface area contributed by atoms with E-state index >= 15 is 0 Å². The molecule has 3 atom stereocenters. The van der Waals surface area contributed by atoms with E-state index in [4.69, 9.17) is 9.73 Å². The van der Waals surface area contributed by atoms with Gasteiger partial charge in [-0.2, -0.15) is 0 Å². The van der Waals surface area contributed by atoms with Gasteiger partial charge in [0.25, 0.3) is 5.69 Å². The Bertz CT molecular complexity index is 842. The molecule has 1 aromatic carbocycles. The predicted octanol–water partition coefficient (Wildman–Crippen LogP) is 4.06. The molecule has 1 amide bonds. The predicted molar refractivity (Wildman–Crippen MR) is 137 cm³/mol. The maximum absolute atomic E-state index is 12.0. The number of aliphatic imine (C=N–C) groups is 1. The molecule has 1 saturated heterocycles. The second kappa shape index (κ2) is 11.8. The fourth-order valence-electron chi connectivity index (χ4n) is 5.24. The van der Waals surface area contributed by atoms with E-state index in [-0.39, 0.29) is 46.7 Å². The number of nitrogens with one attached hydrogen (secondary N) is 2. The van der Waals surface area contributed by atoms with E-state index in [0.717, 1.165) is 36.2 Å². The maximum atomic E-state index is 12.0. The Kier molecular flexibility index (Phi) is 9.16. The molecule has 1 aromatic rings. The van der Waals surface area contributed by atoms with Gasteiger partial charge in [-0.15, -0.1) is 24.0 Å². The molecule has 2 aliphatic carbocycles. The molecule has 4 rings (SSSR count). The lowest BCUT2D eigenvalue weighted by molar-refractivity contribution is -0.384. The van der Waals surface area contributed by atoms with Gasteiger partial charge in [-0.05, 0) is 56.4 Å². The van der Waals surface area contributed by atoms with Gasteiger partial charge in [0.2, 0.25) is 0 Å². The molecule has 3 fully saturated rings. The number of non-ortho nitro benzene ring substituents is 1. The lowest BCUT2D eigenvalue weighted by Crippen LogP contribution is -2.52. The van der Waals surface area contributed by atoms with Crippen LogP contribution in [0.5, 0.6) is 0 Å². The average Bonchev–Trinajstić information content (AvgIpc) is 3.42. The van der Waals surface area contributed by atoms with Gasteiger partial charge < -0.3 is 20.3 Å². The van der Waals surface area contributed by atoms with Crippen molar-refractivity contribution >= 4 is 41.7 Å². The minimum atomic E-state index is -0.390. The molecule has 9 nitrogen and oxygen atoms in total. The highest BCUT2D eigenvalue weighted by Gasteiger charge is 2.40. The van der Waals surface area contributed by atoms with Crippen molar-refractivity contribution in [2.24, 2.45) is 16.8 Å². The SMILES string of the molecule is CCOC(=O)N1CCC(NC(=NCc2ccc([N+](=O)[O-])cc2)NC2CC3CCC2C3)CC1.I. The van der Waals surface area contributed by atoms with Crippen LogP contribution in [0.2, 0.25) is 0 Å². The van der Waals surface area contributed by atoms with Crippen molar-refractivity contribution in [1.82, 2.24) is 15.5 Å². The normalized spacial score (nSPS) is 24.8. The largest absolute Gasteiger partial charge is 0.450 e. The number of hydrogen-bond acceptors (Lipinski definition) is 5. The number of fused-ring (bicyclic) bond motifs is 2. The van der Waals surface area contributed by atoms with Gasteiger partial charge in [0.05, 0.1) is 18.1 Å². The number of nitrogens with zero attached hydrogens (tertiary/aromatic N) is 3.